The van der Waals surface area contributed by atoms with Gasteiger partial charge in [0.1, 0.15) is 0 Å². The molecule has 3 heteroatoms. The average molecular weight is 224 g/mol. The number of fused-ring (bicyclic) bond motifs is 2. The molecule has 2 bridgehead atoms. The molecule has 1 saturated heterocycles. The van der Waals surface area contributed by atoms with Crippen molar-refractivity contribution in [3.8, 4) is 0 Å². The molecular formula is C13H20O3. The molecule has 1 heterocycles. The molecule has 0 N–H and O–H groups in total. The normalized spacial score (nSPS) is 37.8. The average Bonchev–Trinajstić information content (AvgIpc) is 2.26. The van der Waals surface area contributed by atoms with Gasteiger partial charge in [0.25, 0.3) is 0 Å². The van der Waals surface area contributed by atoms with Crippen LogP contribution in [-0.2, 0) is 14.3 Å². The van der Waals surface area contributed by atoms with Crippen molar-refractivity contribution in [3.63, 3.8) is 0 Å². The van der Waals surface area contributed by atoms with Crippen molar-refractivity contribution in [2.45, 2.75) is 39.7 Å². The predicted molar refractivity (Wildman–Crippen MR) is 61.0 cm³/mol. The van der Waals surface area contributed by atoms with E-state index in [1.165, 1.54) is 12.5 Å². The fourth-order valence-electron chi connectivity index (χ4n) is 2.73. The summed E-state index contributed by atoms with van der Waals surface area (Å²) in [6.45, 7) is 6.97. The van der Waals surface area contributed by atoms with E-state index in [9.17, 15) is 4.79 Å². The summed E-state index contributed by atoms with van der Waals surface area (Å²) >= 11 is 0. The molecule has 0 aromatic heterocycles. The molecule has 2 aliphatic rings. The van der Waals surface area contributed by atoms with E-state index >= 15 is 0 Å². The first-order valence-electron chi connectivity index (χ1n) is 5.94. The summed E-state index contributed by atoms with van der Waals surface area (Å²) in [5.41, 5.74) is 1.45. The third kappa shape index (κ3) is 2.14. The van der Waals surface area contributed by atoms with Gasteiger partial charge in [-0.2, -0.15) is 0 Å². The smallest absolute Gasteiger partial charge is 0.302 e. The number of carbonyl (C=O) groups is 1. The Hall–Kier alpha value is -0.830. The van der Waals surface area contributed by atoms with Gasteiger partial charge in [0.15, 0.2) is 0 Å². The van der Waals surface area contributed by atoms with Crippen molar-refractivity contribution in [2.24, 2.45) is 11.3 Å². The highest BCUT2D eigenvalue weighted by molar-refractivity contribution is 5.65. The second-order valence-electron chi connectivity index (χ2n) is 5.26. The Morgan fingerprint density at radius 3 is 3.12 bits per heavy atom. The highest BCUT2D eigenvalue weighted by Crippen LogP contribution is 2.45. The van der Waals surface area contributed by atoms with Crippen LogP contribution in [0.25, 0.3) is 0 Å². The van der Waals surface area contributed by atoms with Crippen LogP contribution in [0.2, 0.25) is 0 Å². The van der Waals surface area contributed by atoms with Gasteiger partial charge in [-0.15, -0.1) is 0 Å². The Balaban J connectivity index is 2.09. The van der Waals surface area contributed by atoms with E-state index in [1.54, 1.807) is 0 Å². The number of allylic oxidation sites excluding steroid dienone is 1. The summed E-state index contributed by atoms with van der Waals surface area (Å²) in [4.78, 5) is 10.9. The SMILES string of the molecule is CC(=O)OCC12CC=C(C)C(C1)C(C)OC2. The number of hydrogen-bond acceptors (Lipinski definition) is 3. The maximum absolute atomic E-state index is 10.9. The van der Waals surface area contributed by atoms with E-state index in [1.807, 2.05) is 0 Å². The molecule has 1 fully saturated rings. The maximum Gasteiger partial charge on any atom is 0.302 e. The molecule has 3 nitrogen and oxygen atoms in total. The van der Waals surface area contributed by atoms with Crippen LogP contribution in [0.4, 0.5) is 0 Å². The lowest BCUT2D eigenvalue weighted by Gasteiger charge is -2.46. The molecule has 1 aliphatic carbocycles. The molecule has 0 aromatic rings. The largest absolute Gasteiger partial charge is 0.465 e. The Morgan fingerprint density at radius 2 is 2.44 bits per heavy atom. The van der Waals surface area contributed by atoms with Gasteiger partial charge < -0.3 is 9.47 Å². The molecule has 1 aliphatic heterocycles. The van der Waals surface area contributed by atoms with Gasteiger partial charge in [-0.1, -0.05) is 11.6 Å². The minimum atomic E-state index is -0.198. The van der Waals surface area contributed by atoms with Gasteiger partial charge >= 0.3 is 5.97 Å². The highest BCUT2D eigenvalue weighted by atomic mass is 16.5. The van der Waals surface area contributed by atoms with Crippen LogP contribution in [0.5, 0.6) is 0 Å². The molecule has 0 amide bonds. The topological polar surface area (TPSA) is 35.5 Å². The van der Waals surface area contributed by atoms with Crippen LogP contribution < -0.4 is 0 Å². The van der Waals surface area contributed by atoms with Gasteiger partial charge in [-0.25, -0.2) is 0 Å². The van der Waals surface area contributed by atoms with E-state index in [4.69, 9.17) is 9.47 Å². The highest BCUT2D eigenvalue weighted by Gasteiger charge is 2.43. The monoisotopic (exact) mass is 224 g/mol. The van der Waals surface area contributed by atoms with Gasteiger partial charge in [0.05, 0.1) is 19.3 Å². The number of carbonyl (C=O) groups excluding carboxylic acids is 1. The fourth-order valence-corrected chi connectivity index (χ4v) is 2.73. The quantitative estimate of drug-likeness (QED) is 0.533. The zero-order valence-electron chi connectivity index (χ0n) is 10.3. The van der Waals surface area contributed by atoms with Crippen molar-refractivity contribution in [1.82, 2.24) is 0 Å². The first-order valence-corrected chi connectivity index (χ1v) is 5.94. The predicted octanol–water partition coefficient (Wildman–Crippen LogP) is 2.31. The summed E-state index contributed by atoms with van der Waals surface area (Å²) in [6, 6.07) is 0. The molecule has 16 heavy (non-hydrogen) atoms. The van der Waals surface area contributed by atoms with Gasteiger partial charge in [-0.3, -0.25) is 4.79 Å². The van der Waals surface area contributed by atoms with E-state index in [0.717, 1.165) is 12.8 Å². The summed E-state index contributed by atoms with van der Waals surface area (Å²) in [5.74, 6) is 0.300. The Kier molecular flexibility index (Phi) is 3.06. The third-order valence-corrected chi connectivity index (χ3v) is 3.90. The minimum Gasteiger partial charge on any atom is -0.465 e. The lowest BCUT2D eigenvalue weighted by molar-refractivity contribution is -0.154. The van der Waals surface area contributed by atoms with Gasteiger partial charge in [0, 0.05) is 18.3 Å². The first kappa shape index (κ1) is 11.6. The first-order chi connectivity index (χ1) is 7.52. The van der Waals surface area contributed by atoms with Crippen molar-refractivity contribution >= 4 is 5.97 Å². The molecule has 0 spiro atoms. The van der Waals surface area contributed by atoms with Crippen molar-refractivity contribution in [2.75, 3.05) is 13.2 Å². The van der Waals surface area contributed by atoms with Crippen molar-refractivity contribution < 1.29 is 14.3 Å². The second-order valence-corrected chi connectivity index (χ2v) is 5.26. The lowest BCUT2D eigenvalue weighted by atomic mass is 9.68. The fraction of sp³-hybridized carbons (Fsp3) is 0.769. The van der Waals surface area contributed by atoms with Gasteiger partial charge in [-0.05, 0) is 26.7 Å². The Bertz CT molecular complexity index is 321. The van der Waals surface area contributed by atoms with Crippen molar-refractivity contribution in [3.05, 3.63) is 11.6 Å². The Labute approximate surface area is 96.8 Å². The van der Waals surface area contributed by atoms with Crippen LogP contribution in [-0.4, -0.2) is 25.3 Å². The molecule has 3 unspecified atom stereocenters. The zero-order valence-corrected chi connectivity index (χ0v) is 10.3. The standard InChI is InChI=1S/C13H20O3/c1-9-4-5-13(8-16-11(3)14)6-12(9)10(2)15-7-13/h4,10,12H,5-8H2,1-3H3. The number of esters is 1. The molecule has 0 saturated carbocycles. The second kappa shape index (κ2) is 4.21. The zero-order chi connectivity index (χ0) is 11.8. The van der Waals surface area contributed by atoms with Crippen molar-refractivity contribution in [1.29, 1.82) is 0 Å². The molecule has 90 valence electrons. The molecule has 3 atom stereocenters. The maximum atomic E-state index is 10.9. The number of ether oxygens (including phenoxy) is 2. The summed E-state index contributed by atoms with van der Waals surface area (Å²) in [7, 11) is 0. The van der Waals surface area contributed by atoms with E-state index in [0.29, 0.717) is 25.2 Å². The molecule has 0 radical (unpaired) electrons. The van der Waals surface area contributed by atoms with E-state index in [2.05, 4.69) is 19.9 Å². The van der Waals surface area contributed by atoms with E-state index < -0.39 is 0 Å². The van der Waals surface area contributed by atoms with Crippen LogP contribution >= 0.6 is 0 Å². The minimum absolute atomic E-state index is 0.0301. The summed E-state index contributed by atoms with van der Waals surface area (Å²) in [5, 5.41) is 0. The van der Waals surface area contributed by atoms with Crippen LogP contribution in [0, 0.1) is 11.3 Å². The molecule has 2 rings (SSSR count). The summed E-state index contributed by atoms with van der Waals surface area (Å²) < 4.78 is 11.0. The van der Waals surface area contributed by atoms with Crippen LogP contribution in [0.1, 0.15) is 33.6 Å². The lowest BCUT2D eigenvalue weighted by Crippen LogP contribution is -2.46. The van der Waals surface area contributed by atoms with Crippen LogP contribution in [0.3, 0.4) is 0 Å². The van der Waals surface area contributed by atoms with Gasteiger partial charge in [0.2, 0.25) is 0 Å². The molecule has 0 aromatic carbocycles. The Morgan fingerprint density at radius 1 is 1.69 bits per heavy atom. The van der Waals surface area contributed by atoms with E-state index in [-0.39, 0.29) is 11.4 Å². The van der Waals surface area contributed by atoms with Crippen LogP contribution in [0.15, 0.2) is 11.6 Å². The molecular weight excluding hydrogens is 204 g/mol. The number of rotatable bonds is 2. The number of hydrogen-bond donors (Lipinski definition) is 0. The summed E-state index contributed by atoms with van der Waals surface area (Å²) in [6.07, 6.45) is 4.64. The third-order valence-electron chi connectivity index (χ3n) is 3.90.